The quantitative estimate of drug-likeness (QED) is 0.867. The van der Waals surface area contributed by atoms with Crippen molar-refractivity contribution < 1.29 is 9.53 Å². The van der Waals surface area contributed by atoms with Gasteiger partial charge in [0.05, 0.1) is 7.11 Å². The van der Waals surface area contributed by atoms with Gasteiger partial charge in [-0.1, -0.05) is 12.1 Å². The second-order valence-corrected chi connectivity index (χ2v) is 8.99. The molecule has 1 N–H and O–H groups in total. The van der Waals surface area contributed by atoms with Gasteiger partial charge in [-0.05, 0) is 68.2 Å². The minimum absolute atomic E-state index is 0.0833. The molecule has 6 nitrogen and oxygen atoms in total. The Labute approximate surface area is 172 Å². The number of fused-ring (bicyclic) bond motifs is 4. The number of likely N-dealkylation sites (tertiary alicyclic amines) is 1. The highest BCUT2D eigenvalue weighted by molar-refractivity contribution is 5.92. The number of nitrogens with one attached hydrogen (secondary N) is 1. The van der Waals surface area contributed by atoms with Gasteiger partial charge in [0.2, 0.25) is 0 Å². The highest BCUT2D eigenvalue weighted by Crippen LogP contribution is 2.44. The van der Waals surface area contributed by atoms with Crippen LogP contribution in [-0.2, 0) is 0 Å². The highest BCUT2D eigenvalue weighted by atomic mass is 16.5. The van der Waals surface area contributed by atoms with Crippen LogP contribution in [0.1, 0.15) is 53.5 Å². The summed E-state index contributed by atoms with van der Waals surface area (Å²) in [5.41, 5.74) is 2.89. The summed E-state index contributed by atoms with van der Waals surface area (Å²) in [7, 11) is 1.72. The highest BCUT2D eigenvalue weighted by Gasteiger charge is 2.45. The van der Waals surface area contributed by atoms with E-state index in [-0.39, 0.29) is 5.91 Å². The number of carbonyl (C=O) groups is 1. The van der Waals surface area contributed by atoms with E-state index < -0.39 is 0 Å². The summed E-state index contributed by atoms with van der Waals surface area (Å²) >= 11 is 0. The molecule has 0 radical (unpaired) electrons. The van der Waals surface area contributed by atoms with Gasteiger partial charge in [-0.2, -0.15) is 5.10 Å². The van der Waals surface area contributed by atoms with Crippen LogP contribution in [-0.4, -0.2) is 58.7 Å². The number of methoxy groups -OCH3 is 1. The van der Waals surface area contributed by atoms with E-state index in [1.807, 2.05) is 13.0 Å². The van der Waals surface area contributed by atoms with Crippen LogP contribution in [0.25, 0.3) is 0 Å². The number of amides is 1. The maximum atomic E-state index is 13.0. The molecule has 1 amide bonds. The number of rotatable bonds is 3. The number of aromatic nitrogens is 2. The van der Waals surface area contributed by atoms with Crippen molar-refractivity contribution >= 4 is 5.91 Å². The number of nitrogens with zero attached hydrogens (tertiary/aromatic N) is 3. The lowest BCUT2D eigenvalue weighted by molar-refractivity contribution is -0.0512. The first-order valence-electron chi connectivity index (χ1n) is 10.8. The number of carbonyl (C=O) groups excluding carboxylic acids is 1. The van der Waals surface area contributed by atoms with E-state index in [4.69, 9.17) is 4.74 Å². The third kappa shape index (κ3) is 3.44. The van der Waals surface area contributed by atoms with Crippen molar-refractivity contribution in [1.82, 2.24) is 20.0 Å². The fourth-order valence-corrected chi connectivity index (χ4v) is 5.85. The van der Waals surface area contributed by atoms with E-state index >= 15 is 0 Å². The second kappa shape index (κ2) is 7.48. The smallest absolute Gasteiger partial charge is 0.274 e. The summed E-state index contributed by atoms with van der Waals surface area (Å²) in [6, 6.07) is 11.5. The van der Waals surface area contributed by atoms with Crippen LogP contribution in [0.5, 0.6) is 5.75 Å². The molecule has 0 aliphatic carbocycles. The zero-order valence-electron chi connectivity index (χ0n) is 17.3. The van der Waals surface area contributed by atoms with Crippen molar-refractivity contribution in [3.63, 3.8) is 0 Å². The fraction of sp³-hybridized carbons (Fsp3) is 0.565. The molecule has 29 heavy (non-hydrogen) atoms. The summed E-state index contributed by atoms with van der Waals surface area (Å²) in [5, 5.41) is 7.10. The van der Waals surface area contributed by atoms with E-state index in [1.165, 1.54) is 31.2 Å². The first-order valence-corrected chi connectivity index (χ1v) is 10.8. The van der Waals surface area contributed by atoms with Crippen LogP contribution in [0.4, 0.5) is 0 Å². The van der Waals surface area contributed by atoms with Gasteiger partial charge in [-0.15, -0.1) is 0 Å². The predicted molar refractivity (Wildman–Crippen MR) is 111 cm³/mol. The van der Waals surface area contributed by atoms with Crippen LogP contribution in [0.3, 0.4) is 0 Å². The number of hydrogen-bond donors (Lipinski definition) is 1. The Hall–Kier alpha value is -2.34. The van der Waals surface area contributed by atoms with E-state index in [0.29, 0.717) is 29.6 Å². The van der Waals surface area contributed by atoms with Crippen LogP contribution in [0, 0.1) is 18.8 Å². The second-order valence-electron chi connectivity index (χ2n) is 8.99. The normalized spacial score (nSPS) is 29.4. The van der Waals surface area contributed by atoms with Crippen molar-refractivity contribution in [2.75, 3.05) is 26.7 Å². The number of aryl methyl sites for hydroxylation is 1. The van der Waals surface area contributed by atoms with Gasteiger partial charge in [-0.25, -0.2) is 0 Å². The minimum atomic E-state index is 0.0833. The average molecular weight is 395 g/mol. The van der Waals surface area contributed by atoms with E-state index in [0.717, 1.165) is 31.1 Å². The molecule has 3 fully saturated rings. The maximum absolute atomic E-state index is 13.0. The number of H-pyrrole nitrogens is 1. The van der Waals surface area contributed by atoms with Crippen molar-refractivity contribution in [2.45, 2.75) is 44.7 Å². The van der Waals surface area contributed by atoms with Crippen LogP contribution in [0.15, 0.2) is 30.3 Å². The molecule has 2 aromatic rings. The molecule has 1 aromatic heterocycles. The first-order chi connectivity index (χ1) is 14.1. The van der Waals surface area contributed by atoms with Crippen LogP contribution in [0.2, 0.25) is 0 Å². The van der Waals surface area contributed by atoms with Crippen molar-refractivity contribution in [3.05, 3.63) is 47.3 Å². The summed E-state index contributed by atoms with van der Waals surface area (Å²) in [6.45, 7) is 4.73. The molecule has 4 atom stereocenters. The molecule has 0 spiro atoms. The third-order valence-corrected chi connectivity index (χ3v) is 7.10. The summed E-state index contributed by atoms with van der Waals surface area (Å²) in [6.07, 6.45) is 4.97. The van der Waals surface area contributed by atoms with Gasteiger partial charge >= 0.3 is 0 Å². The molecule has 3 aliphatic heterocycles. The van der Waals surface area contributed by atoms with Crippen molar-refractivity contribution in [3.8, 4) is 5.75 Å². The zero-order valence-corrected chi connectivity index (χ0v) is 17.3. The van der Waals surface area contributed by atoms with E-state index in [2.05, 4.69) is 44.3 Å². The number of benzene rings is 1. The maximum Gasteiger partial charge on any atom is 0.274 e. The predicted octanol–water partition coefficient (Wildman–Crippen LogP) is 3.41. The lowest BCUT2D eigenvalue weighted by Crippen LogP contribution is -2.60. The Morgan fingerprint density at radius 2 is 2.00 bits per heavy atom. The molecular weight excluding hydrogens is 364 g/mol. The third-order valence-electron chi connectivity index (χ3n) is 7.10. The Morgan fingerprint density at radius 1 is 1.17 bits per heavy atom. The van der Waals surface area contributed by atoms with E-state index in [1.54, 1.807) is 7.11 Å². The standard InChI is InChI=1S/C23H30N4O2/c1-15-10-20(25-24-15)23(28)26-12-16-11-18(14-26)22-5-3-4-21(27(22)13-16)17-6-8-19(29-2)9-7-17/h6-10,16,18,21-22H,3-5,11-14H2,1-2H3,(H,24,25)/t16-,18+,21+,22-/m0/s1. The molecule has 4 heterocycles. The molecule has 1 aromatic carbocycles. The summed E-state index contributed by atoms with van der Waals surface area (Å²) in [5.74, 6) is 2.11. The van der Waals surface area contributed by atoms with E-state index in [9.17, 15) is 4.79 Å². The summed E-state index contributed by atoms with van der Waals surface area (Å²) in [4.78, 5) is 17.8. The molecule has 2 bridgehead atoms. The lowest BCUT2D eigenvalue weighted by atomic mass is 9.74. The zero-order chi connectivity index (χ0) is 20.0. The molecule has 3 aliphatic rings. The number of aromatic amines is 1. The molecule has 0 saturated carbocycles. The monoisotopic (exact) mass is 394 g/mol. The first kappa shape index (κ1) is 18.7. The topological polar surface area (TPSA) is 61.5 Å². The van der Waals surface area contributed by atoms with Crippen molar-refractivity contribution in [2.24, 2.45) is 11.8 Å². The molecule has 6 heteroatoms. The average Bonchev–Trinajstić information content (AvgIpc) is 3.19. The SMILES string of the molecule is COc1ccc([C@H]2CCC[C@H]3[C@@H]4C[C@@H](CN(C(=O)c5cc(C)[nH]n5)C4)CN23)cc1. The minimum Gasteiger partial charge on any atom is -0.497 e. The Morgan fingerprint density at radius 3 is 2.72 bits per heavy atom. The Kier molecular flexibility index (Phi) is 4.82. The van der Waals surface area contributed by atoms with Gasteiger partial charge in [0.15, 0.2) is 0 Å². The Balaban J connectivity index is 1.34. The van der Waals surface area contributed by atoms with Gasteiger partial charge in [0.25, 0.3) is 5.91 Å². The van der Waals surface area contributed by atoms with Crippen molar-refractivity contribution in [1.29, 1.82) is 0 Å². The number of piperidine rings is 3. The fourth-order valence-electron chi connectivity index (χ4n) is 5.85. The Bertz CT molecular complexity index is 877. The molecule has 0 unspecified atom stereocenters. The number of ether oxygens (including phenoxy) is 1. The summed E-state index contributed by atoms with van der Waals surface area (Å²) < 4.78 is 5.34. The number of hydrogen-bond acceptors (Lipinski definition) is 4. The molecule has 5 rings (SSSR count). The van der Waals surface area contributed by atoms with Gasteiger partial charge in [-0.3, -0.25) is 14.8 Å². The van der Waals surface area contributed by atoms with Gasteiger partial charge in [0.1, 0.15) is 11.4 Å². The molecule has 154 valence electrons. The molecular formula is C23H30N4O2. The van der Waals surface area contributed by atoms with Crippen LogP contribution < -0.4 is 4.74 Å². The molecule has 3 saturated heterocycles. The van der Waals surface area contributed by atoms with Gasteiger partial charge in [0, 0.05) is 37.4 Å². The van der Waals surface area contributed by atoms with Crippen LogP contribution >= 0.6 is 0 Å². The lowest BCUT2D eigenvalue weighted by Gasteiger charge is -2.55. The largest absolute Gasteiger partial charge is 0.497 e. The van der Waals surface area contributed by atoms with Gasteiger partial charge < -0.3 is 9.64 Å².